The molecule has 2 aromatic rings. The lowest BCUT2D eigenvalue weighted by molar-refractivity contribution is -0.538. The highest BCUT2D eigenvalue weighted by Gasteiger charge is 2.11. The van der Waals surface area contributed by atoms with Gasteiger partial charge in [-0.2, -0.15) is 4.57 Å². The van der Waals surface area contributed by atoms with Crippen molar-refractivity contribution in [2.75, 3.05) is 0 Å². The molecule has 0 spiro atoms. The molecule has 1 aromatic heterocycles. The zero-order valence-electron chi connectivity index (χ0n) is 8.39. The summed E-state index contributed by atoms with van der Waals surface area (Å²) in [4.78, 5) is 0. The number of rotatable bonds is 3. The first-order valence-corrected chi connectivity index (χ1v) is 4.70. The minimum Gasteiger partial charge on any atom is -0.459 e. The number of pyridine rings is 1. The summed E-state index contributed by atoms with van der Waals surface area (Å²) in [6, 6.07) is 9.90. The number of benzene rings is 1. The van der Waals surface area contributed by atoms with E-state index in [0.29, 0.717) is 0 Å². The minimum absolute atomic E-state index is 0.781. The monoisotopic (exact) mass is 198 g/mol. The van der Waals surface area contributed by atoms with Crippen molar-refractivity contribution in [3.8, 4) is 5.75 Å². The summed E-state index contributed by atoms with van der Waals surface area (Å²) in [7, 11) is 0. The highest BCUT2D eigenvalue weighted by molar-refractivity contribution is 5.81. The third-order valence-corrected chi connectivity index (χ3v) is 2.22. The average Bonchev–Trinajstić information content (AvgIpc) is 2.29. The molecule has 15 heavy (non-hydrogen) atoms. The first-order chi connectivity index (χ1) is 7.36. The molecular formula is C13H12NO+. The van der Waals surface area contributed by atoms with E-state index in [2.05, 4.69) is 13.2 Å². The minimum atomic E-state index is 0.781. The molecule has 0 aliphatic carbocycles. The van der Waals surface area contributed by atoms with Crippen LogP contribution in [0.15, 0.2) is 55.9 Å². The molecule has 2 heteroatoms. The van der Waals surface area contributed by atoms with E-state index in [-0.39, 0.29) is 0 Å². The second-order valence-corrected chi connectivity index (χ2v) is 3.08. The maximum atomic E-state index is 5.36. The molecule has 0 saturated carbocycles. The van der Waals surface area contributed by atoms with E-state index in [4.69, 9.17) is 4.74 Å². The van der Waals surface area contributed by atoms with E-state index >= 15 is 0 Å². The number of ether oxygens (including phenoxy) is 1. The van der Waals surface area contributed by atoms with Crippen molar-refractivity contribution < 1.29 is 9.30 Å². The Bertz CT molecular complexity index is 512. The van der Waals surface area contributed by atoms with Gasteiger partial charge in [-0.3, -0.25) is 0 Å². The smallest absolute Gasteiger partial charge is 0.260 e. The topological polar surface area (TPSA) is 13.1 Å². The van der Waals surface area contributed by atoms with Crippen LogP contribution >= 0.6 is 0 Å². The summed E-state index contributed by atoms with van der Waals surface area (Å²) in [5, 5.41) is 1.11. The van der Waals surface area contributed by atoms with E-state index < -0.39 is 0 Å². The maximum absolute atomic E-state index is 5.36. The molecule has 0 aliphatic rings. The van der Waals surface area contributed by atoms with Gasteiger partial charge in [-0.25, -0.2) is 0 Å². The van der Waals surface area contributed by atoms with E-state index in [1.54, 1.807) is 6.20 Å². The van der Waals surface area contributed by atoms with E-state index in [0.717, 1.165) is 16.7 Å². The SMILES string of the molecule is C=COc1cccc2ccc[n+](C=C)c12. The highest BCUT2D eigenvalue weighted by Crippen LogP contribution is 2.21. The molecule has 0 aliphatic heterocycles. The normalized spacial score (nSPS) is 9.87. The lowest BCUT2D eigenvalue weighted by Crippen LogP contribution is -2.25. The Morgan fingerprint density at radius 2 is 1.93 bits per heavy atom. The molecule has 2 nitrogen and oxygen atoms in total. The van der Waals surface area contributed by atoms with E-state index in [9.17, 15) is 0 Å². The van der Waals surface area contributed by atoms with Crippen LogP contribution in [0.25, 0.3) is 17.1 Å². The highest BCUT2D eigenvalue weighted by atomic mass is 16.5. The van der Waals surface area contributed by atoms with Gasteiger partial charge in [-0.15, -0.1) is 0 Å². The van der Waals surface area contributed by atoms with Crippen molar-refractivity contribution in [1.29, 1.82) is 0 Å². The van der Waals surface area contributed by atoms with E-state index in [1.165, 1.54) is 6.26 Å². The number of hydrogen-bond donors (Lipinski definition) is 0. The Labute approximate surface area is 88.7 Å². The van der Waals surface area contributed by atoms with Crippen LogP contribution in [0.3, 0.4) is 0 Å². The first kappa shape index (κ1) is 9.46. The zero-order valence-corrected chi connectivity index (χ0v) is 8.39. The Balaban J connectivity index is 2.80. The van der Waals surface area contributed by atoms with Crippen LogP contribution in [0.5, 0.6) is 5.75 Å². The molecular weight excluding hydrogens is 186 g/mol. The molecule has 0 radical (unpaired) electrons. The van der Waals surface area contributed by atoms with Gasteiger partial charge in [0, 0.05) is 6.07 Å². The third kappa shape index (κ3) is 1.62. The Kier molecular flexibility index (Phi) is 2.50. The second-order valence-electron chi connectivity index (χ2n) is 3.08. The zero-order chi connectivity index (χ0) is 10.7. The van der Waals surface area contributed by atoms with Crippen molar-refractivity contribution in [2.45, 2.75) is 0 Å². The Hall–Kier alpha value is -2.09. The van der Waals surface area contributed by atoms with Gasteiger partial charge in [0.05, 0.1) is 11.6 Å². The summed E-state index contributed by atoms with van der Waals surface area (Å²) >= 11 is 0. The van der Waals surface area contributed by atoms with E-state index in [1.807, 2.05) is 41.1 Å². The fourth-order valence-electron chi connectivity index (χ4n) is 1.60. The Morgan fingerprint density at radius 3 is 2.67 bits per heavy atom. The second kappa shape index (κ2) is 3.96. The van der Waals surface area contributed by atoms with Crippen molar-refractivity contribution in [3.63, 3.8) is 0 Å². The van der Waals surface area contributed by atoms with Crippen molar-refractivity contribution in [1.82, 2.24) is 0 Å². The van der Waals surface area contributed by atoms with Gasteiger partial charge in [-0.1, -0.05) is 12.6 Å². The van der Waals surface area contributed by atoms with Gasteiger partial charge in [0.25, 0.3) is 5.52 Å². The lowest BCUT2D eigenvalue weighted by atomic mass is 10.2. The molecule has 74 valence electrons. The van der Waals surface area contributed by atoms with Crippen molar-refractivity contribution >= 4 is 17.1 Å². The maximum Gasteiger partial charge on any atom is 0.260 e. The molecule has 0 unspecified atom stereocenters. The number of para-hydroxylation sites is 1. The predicted molar refractivity (Wildman–Crippen MR) is 61.4 cm³/mol. The molecule has 0 bridgehead atoms. The summed E-state index contributed by atoms with van der Waals surface area (Å²) in [6.07, 6.45) is 5.11. The number of hydrogen-bond acceptors (Lipinski definition) is 1. The average molecular weight is 198 g/mol. The molecule has 0 atom stereocenters. The van der Waals surface area contributed by atoms with Gasteiger partial charge in [0.15, 0.2) is 18.1 Å². The lowest BCUT2D eigenvalue weighted by Gasteiger charge is -2.02. The molecule has 0 saturated heterocycles. The van der Waals surface area contributed by atoms with Crippen molar-refractivity contribution in [3.05, 3.63) is 55.9 Å². The Morgan fingerprint density at radius 1 is 1.13 bits per heavy atom. The summed E-state index contributed by atoms with van der Waals surface area (Å²) in [6.45, 7) is 7.32. The van der Waals surface area contributed by atoms with Gasteiger partial charge in [0.1, 0.15) is 0 Å². The number of aromatic nitrogens is 1. The van der Waals surface area contributed by atoms with Gasteiger partial charge in [-0.05, 0) is 24.8 Å². The molecule has 1 aromatic carbocycles. The molecule has 2 rings (SSSR count). The van der Waals surface area contributed by atoms with Gasteiger partial charge >= 0.3 is 0 Å². The molecule has 1 heterocycles. The molecule has 0 amide bonds. The predicted octanol–water partition coefficient (Wildman–Crippen LogP) is 2.75. The number of nitrogens with zero attached hydrogens (tertiary/aromatic N) is 1. The van der Waals surface area contributed by atoms with Gasteiger partial charge in [0.2, 0.25) is 0 Å². The molecule has 0 N–H and O–H groups in total. The fraction of sp³-hybridized carbons (Fsp3) is 0. The van der Waals surface area contributed by atoms with Crippen LogP contribution in [0.2, 0.25) is 0 Å². The standard InChI is InChI=1S/C13H12NO/c1-3-14-10-6-8-11-7-5-9-12(13(11)14)15-4-2/h3-10H,1-2H2/q+1. The van der Waals surface area contributed by atoms with Crippen LogP contribution in [0.1, 0.15) is 0 Å². The third-order valence-electron chi connectivity index (χ3n) is 2.22. The summed E-state index contributed by atoms with van der Waals surface area (Å²) in [5.41, 5.74) is 0.995. The van der Waals surface area contributed by atoms with Crippen molar-refractivity contribution in [2.24, 2.45) is 0 Å². The van der Waals surface area contributed by atoms with Crippen LogP contribution < -0.4 is 9.30 Å². The largest absolute Gasteiger partial charge is 0.459 e. The fourth-order valence-corrected chi connectivity index (χ4v) is 1.60. The van der Waals surface area contributed by atoms with Crippen LogP contribution in [0.4, 0.5) is 0 Å². The quantitative estimate of drug-likeness (QED) is 0.546. The summed E-state index contributed by atoms with van der Waals surface area (Å²) in [5.74, 6) is 0.781. The summed E-state index contributed by atoms with van der Waals surface area (Å²) < 4.78 is 7.28. The van der Waals surface area contributed by atoms with Crippen LogP contribution in [-0.4, -0.2) is 0 Å². The van der Waals surface area contributed by atoms with Crippen LogP contribution in [-0.2, 0) is 0 Å². The number of fused-ring (bicyclic) bond motifs is 1. The molecule has 0 fully saturated rings. The first-order valence-electron chi connectivity index (χ1n) is 4.70. The van der Waals surface area contributed by atoms with Crippen LogP contribution in [0, 0.1) is 0 Å². The van der Waals surface area contributed by atoms with Gasteiger partial charge < -0.3 is 4.74 Å².